The third-order valence-corrected chi connectivity index (χ3v) is 4.99. The van der Waals surface area contributed by atoms with Gasteiger partial charge < -0.3 is 10.2 Å². The van der Waals surface area contributed by atoms with Crippen LogP contribution in [0.3, 0.4) is 0 Å². The first kappa shape index (κ1) is 20.2. The average molecular weight is 373 g/mol. The van der Waals surface area contributed by atoms with Gasteiger partial charge in [0.05, 0.1) is 0 Å². The Labute approximate surface area is 160 Å². The number of carbonyl (C=O) groups is 2. The molecule has 0 aliphatic rings. The smallest absolute Gasteiger partial charge is 0.252 e. The Bertz CT molecular complexity index is 715. The van der Waals surface area contributed by atoms with Gasteiger partial charge in [0.1, 0.15) is 0 Å². The van der Waals surface area contributed by atoms with Crippen LogP contribution in [0.2, 0.25) is 0 Å². The third kappa shape index (κ3) is 5.99. The second-order valence-electron chi connectivity index (χ2n) is 7.57. The fraction of sp³-hybridized carbons (Fsp3) is 0.429. The van der Waals surface area contributed by atoms with Crippen molar-refractivity contribution in [3.8, 4) is 0 Å². The first-order valence-corrected chi connectivity index (χ1v) is 9.85. The van der Waals surface area contributed by atoms with Crippen LogP contribution in [0.25, 0.3) is 0 Å². The Morgan fingerprint density at radius 2 is 1.81 bits per heavy atom. The van der Waals surface area contributed by atoms with Crippen LogP contribution in [-0.2, 0) is 16.8 Å². The summed E-state index contributed by atoms with van der Waals surface area (Å²) in [6, 6.07) is 10.2. The zero-order valence-electron chi connectivity index (χ0n) is 16.0. The van der Waals surface area contributed by atoms with Crippen LogP contribution in [0.5, 0.6) is 0 Å². The van der Waals surface area contributed by atoms with Gasteiger partial charge in [0.25, 0.3) is 5.91 Å². The molecule has 140 valence electrons. The monoisotopic (exact) mass is 372 g/mol. The summed E-state index contributed by atoms with van der Waals surface area (Å²) in [5.74, 6) is 0.0145. The maximum atomic E-state index is 12.3. The highest BCUT2D eigenvalue weighted by molar-refractivity contribution is 7.08. The summed E-state index contributed by atoms with van der Waals surface area (Å²) in [6.07, 6.45) is 1.07. The van der Waals surface area contributed by atoms with E-state index >= 15 is 0 Å². The Hall–Kier alpha value is -2.14. The summed E-state index contributed by atoms with van der Waals surface area (Å²) in [6.45, 7) is 7.68. The van der Waals surface area contributed by atoms with E-state index in [4.69, 9.17) is 0 Å². The maximum absolute atomic E-state index is 12.3. The van der Waals surface area contributed by atoms with Crippen LogP contribution < -0.4 is 5.32 Å². The first-order chi connectivity index (χ1) is 12.3. The van der Waals surface area contributed by atoms with E-state index in [1.54, 1.807) is 11.0 Å². The highest BCUT2D eigenvalue weighted by Gasteiger charge is 2.14. The van der Waals surface area contributed by atoms with Gasteiger partial charge in [-0.05, 0) is 34.4 Å². The predicted octanol–water partition coefficient (Wildman–Crippen LogP) is 4.21. The van der Waals surface area contributed by atoms with Crippen molar-refractivity contribution < 1.29 is 9.59 Å². The molecule has 0 unspecified atom stereocenters. The van der Waals surface area contributed by atoms with E-state index in [1.807, 2.05) is 17.8 Å². The SMILES string of the molecule is CN(Cc1ccc(C(C)(C)C)cc1)C(=O)CCCNC(=O)c1ccsc1. The van der Waals surface area contributed by atoms with Crippen LogP contribution in [-0.4, -0.2) is 30.3 Å². The van der Waals surface area contributed by atoms with Crippen molar-refractivity contribution in [2.45, 2.75) is 45.6 Å². The molecular formula is C21H28N2O2S. The zero-order chi connectivity index (χ0) is 19.2. The molecule has 1 aromatic carbocycles. The lowest BCUT2D eigenvalue weighted by Gasteiger charge is -2.21. The number of hydrogen-bond donors (Lipinski definition) is 1. The lowest BCUT2D eigenvalue weighted by atomic mass is 9.87. The topological polar surface area (TPSA) is 49.4 Å². The van der Waals surface area contributed by atoms with Crippen molar-refractivity contribution in [1.82, 2.24) is 10.2 Å². The summed E-state index contributed by atoms with van der Waals surface area (Å²) in [4.78, 5) is 25.8. The first-order valence-electron chi connectivity index (χ1n) is 8.91. The molecule has 1 N–H and O–H groups in total. The standard InChI is InChI=1S/C21H28N2O2S/c1-21(2,3)18-9-7-16(8-10-18)14-23(4)19(24)6-5-12-22-20(25)17-11-13-26-15-17/h7-11,13,15H,5-6,12,14H2,1-4H3,(H,22,25). The van der Waals surface area contributed by atoms with Crippen LogP contribution in [0.4, 0.5) is 0 Å². The summed E-state index contributed by atoms with van der Waals surface area (Å²) in [5, 5.41) is 6.54. The van der Waals surface area contributed by atoms with Gasteiger partial charge in [-0.15, -0.1) is 0 Å². The minimum Gasteiger partial charge on any atom is -0.352 e. The van der Waals surface area contributed by atoms with E-state index in [0.717, 1.165) is 5.56 Å². The van der Waals surface area contributed by atoms with E-state index in [-0.39, 0.29) is 17.2 Å². The van der Waals surface area contributed by atoms with E-state index in [9.17, 15) is 9.59 Å². The molecule has 0 radical (unpaired) electrons. The fourth-order valence-electron chi connectivity index (χ4n) is 2.60. The molecule has 0 saturated carbocycles. The zero-order valence-corrected chi connectivity index (χ0v) is 16.9. The number of nitrogens with zero attached hydrogens (tertiary/aromatic N) is 1. The molecule has 0 fully saturated rings. The Balaban J connectivity index is 1.72. The molecule has 0 aliphatic heterocycles. The van der Waals surface area contributed by atoms with Crippen LogP contribution in [0.15, 0.2) is 41.1 Å². The molecule has 4 nitrogen and oxygen atoms in total. The van der Waals surface area contributed by atoms with Gasteiger partial charge in [0.2, 0.25) is 5.91 Å². The number of carbonyl (C=O) groups excluding carboxylic acids is 2. The molecule has 0 spiro atoms. The second-order valence-corrected chi connectivity index (χ2v) is 8.35. The summed E-state index contributed by atoms with van der Waals surface area (Å²) in [7, 11) is 1.82. The van der Waals surface area contributed by atoms with Crippen molar-refractivity contribution in [3.63, 3.8) is 0 Å². The molecule has 0 atom stereocenters. The van der Waals surface area contributed by atoms with Gasteiger partial charge in [-0.1, -0.05) is 45.0 Å². The van der Waals surface area contributed by atoms with Crippen molar-refractivity contribution in [2.24, 2.45) is 0 Å². The van der Waals surface area contributed by atoms with E-state index in [0.29, 0.717) is 31.5 Å². The van der Waals surface area contributed by atoms with Gasteiger partial charge in [0, 0.05) is 37.5 Å². The van der Waals surface area contributed by atoms with E-state index < -0.39 is 0 Å². The van der Waals surface area contributed by atoms with Crippen molar-refractivity contribution >= 4 is 23.2 Å². The summed E-state index contributed by atoms with van der Waals surface area (Å²) < 4.78 is 0. The predicted molar refractivity (Wildman–Crippen MR) is 108 cm³/mol. The largest absolute Gasteiger partial charge is 0.352 e. The molecule has 0 saturated heterocycles. The van der Waals surface area contributed by atoms with Gasteiger partial charge in [-0.2, -0.15) is 11.3 Å². The third-order valence-electron chi connectivity index (χ3n) is 4.30. The second kappa shape index (κ2) is 8.99. The maximum Gasteiger partial charge on any atom is 0.252 e. The van der Waals surface area contributed by atoms with Crippen LogP contribution in [0.1, 0.15) is 55.1 Å². The number of thiophene rings is 1. The minimum atomic E-state index is -0.0778. The fourth-order valence-corrected chi connectivity index (χ4v) is 3.24. The molecule has 2 aromatic rings. The van der Waals surface area contributed by atoms with Gasteiger partial charge in [-0.3, -0.25) is 9.59 Å². The Kier molecular flexibility index (Phi) is 6.98. The van der Waals surface area contributed by atoms with Crippen molar-refractivity contribution in [1.29, 1.82) is 0 Å². The number of rotatable bonds is 7. The highest BCUT2D eigenvalue weighted by Crippen LogP contribution is 2.22. The molecule has 1 aromatic heterocycles. The van der Waals surface area contributed by atoms with Crippen molar-refractivity contribution in [3.05, 3.63) is 57.8 Å². The summed E-state index contributed by atoms with van der Waals surface area (Å²) in [5.41, 5.74) is 3.22. The molecule has 5 heteroatoms. The molecule has 0 bridgehead atoms. The minimum absolute atomic E-state index is 0.0778. The summed E-state index contributed by atoms with van der Waals surface area (Å²) >= 11 is 1.50. The Morgan fingerprint density at radius 1 is 1.12 bits per heavy atom. The molecular weight excluding hydrogens is 344 g/mol. The molecule has 1 heterocycles. The van der Waals surface area contributed by atoms with Gasteiger partial charge in [0.15, 0.2) is 0 Å². The highest BCUT2D eigenvalue weighted by atomic mass is 32.1. The Morgan fingerprint density at radius 3 is 2.38 bits per heavy atom. The number of hydrogen-bond acceptors (Lipinski definition) is 3. The van der Waals surface area contributed by atoms with Gasteiger partial charge >= 0.3 is 0 Å². The lowest BCUT2D eigenvalue weighted by molar-refractivity contribution is -0.130. The normalized spacial score (nSPS) is 11.2. The number of benzene rings is 1. The van der Waals surface area contributed by atoms with Crippen LogP contribution in [0, 0.1) is 0 Å². The lowest BCUT2D eigenvalue weighted by Crippen LogP contribution is -2.28. The van der Waals surface area contributed by atoms with Gasteiger partial charge in [-0.25, -0.2) is 0 Å². The van der Waals surface area contributed by atoms with Crippen LogP contribution >= 0.6 is 11.3 Å². The molecule has 2 rings (SSSR count). The number of nitrogens with one attached hydrogen (secondary N) is 1. The quantitative estimate of drug-likeness (QED) is 0.740. The molecule has 2 amide bonds. The van der Waals surface area contributed by atoms with Crippen molar-refractivity contribution in [2.75, 3.05) is 13.6 Å². The molecule has 0 aliphatic carbocycles. The van der Waals surface area contributed by atoms with E-state index in [1.165, 1.54) is 16.9 Å². The number of amides is 2. The molecule has 26 heavy (non-hydrogen) atoms. The average Bonchev–Trinajstić information content (AvgIpc) is 3.12. The van der Waals surface area contributed by atoms with E-state index in [2.05, 4.69) is 50.4 Å².